The lowest BCUT2D eigenvalue weighted by Crippen LogP contribution is -2.34. The fraction of sp³-hybridized carbons (Fsp3) is 0.0952. The summed E-state index contributed by atoms with van der Waals surface area (Å²) >= 11 is 4.73. The SMILES string of the molecule is O=C(CNC(=O)c1cccs1)NN=Cc1cc(Br)ccc1OCc1ccccc1. The van der Waals surface area contributed by atoms with Crippen LogP contribution in [-0.4, -0.2) is 24.6 Å². The Morgan fingerprint density at radius 3 is 2.69 bits per heavy atom. The van der Waals surface area contributed by atoms with E-state index in [0.717, 1.165) is 10.0 Å². The molecule has 3 rings (SSSR count). The average Bonchev–Trinajstić information content (AvgIpc) is 3.27. The molecule has 2 aromatic carbocycles. The number of ether oxygens (including phenoxy) is 1. The number of thiophene rings is 1. The average molecular weight is 472 g/mol. The zero-order valence-electron chi connectivity index (χ0n) is 15.3. The Balaban J connectivity index is 1.54. The number of hydrazone groups is 1. The molecule has 0 aliphatic rings. The van der Waals surface area contributed by atoms with Crippen molar-refractivity contribution in [3.8, 4) is 5.75 Å². The smallest absolute Gasteiger partial charge is 0.261 e. The molecular weight excluding hydrogens is 454 g/mol. The highest BCUT2D eigenvalue weighted by Crippen LogP contribution is 2.22. The van der Waals surface area contributed by atoms with E-state index in [-0.39, 0.29) is 12.5 Å². The first kappa shape index (κ1) is 20.8. The molecule has 0 fully saturated rings. The second-order valence-corrected chi connectivity index (χ2v) is 7.77. The number of rotatable bonds is 8. The molecule has 0 bridgehead atoms. The third kappa shape index (κ3) is 6.55. The molecule has 148 valence electrons. The van der Waals surface area contributed by atoms with E-state index in [0.29, 0.717) is 22.8 Å². The number of carbonyl (C=O) groups is 2. The second kappa shape index (κ2) is 10.5. The maximum atomic E-state index is 11.9. The number of nitrogens with zero attached hydrogens (tertiary/aromatic N) is 1. The summed E-state index contributed by atoms with van der Waals surface area (Å²) in [5.74, 6) is -0.0725. The Kier molecular flexibility index (Phi) is 7.54. The van der Waals surface area contributed by atoms with Crippen molar-refractivity contribution in [2.24, 2.45) is 5.10 Å². The van der Waals surface area contributed by atoms with Gasteiger partial charge in [0.25, 0.3) is 11.8 Å². The fourth-order valence-corrected chi connectivity index (χ4v) is 3.37. The van der Waals surface area contributed by atoms with Gasteiger partial charge in [-0.15, -0.1) is 11.3 Å². The Bertz CT molecular complexity index is 992. The standard InChI is InChI=1S/C21H18BrN3O3S/c22-17-8-9-18(28-14-15-5-2-1-3-6-15)16(11-17)12-24-25-20(26)13-23-21(27)19-7-4-10-29-19/h1-12H,13-14H2,(H,23,27)(H,25,26). The first-order chi connectivity index (χ1) is 14.1. The Morgan fingerprint density at radius 1 is 1.10 bits per heavy atom. The minimum Gasteiger partial charge on any atom is -0.488 e. The van der Waals surface area contributed by atoms with Crippen LogP contribution in [0.3, 0.4) is 0 Å². The molecule has 0 atom stereocenters. The van der Waals surface area contributed by atoms with E-state index in [4.69, 9.17) is 4.74 Å². The van der Waals surface area contributed by atoms with E-state index in [2.05, 4.69) is 31.8 Å². The van der Waals surface area contributed by atoms with Crippen molar-refractivity contribution in [3.63, 3.8) is 0 Å². The quantitative estimate of drug-likeness (QED) is 0.385. The topological polar surface area (TPSA) is 79.8 Å². The highest BCUT2D eigenvalue weighted by Gasteiger charge is 2.08. The number of carbonyl (C=O) groups excluding carboxylic acids is 2. The van der Waals surface area contributed by atoms with Crippen LogP contribution in [0.15, 0.2) is 75.6 Å². The first-order valence-electron chi connectivity index (χ1n) is 8.72. The van der Waals surface area contributed by atoms with E-state index in [1.54, 1.807) is 17.5 Å². The highest BCUT2D eigenvalue weighted by molar-refractivity contribution is 9.10. The second-order valence-electron chi connectivity index (χ2n) is 5.91. The van der Waals surface area contributed by atoms with Gasteiger partial charge < -0.3 is 10.1 Å². The minimum atomic E-state index is -0.423. The molecule has 1 aromatic heterocycles. The summed E-state index contributed by atoms with van der Waals surface area (Å²) in [4.78, 5) is 24.3. The number of hydrogen-bond acceptors (Lipinski definition) is 5. The molecule has 0 saturated carbocycles. The van der Waals surface area contributed by atoms with E-state index in [1.165, 1.54) is 17.6 Å². The van der Waals surface area contributed by atoms with E-state index >= 15 is 0 Å². The highest BCUT2D eigenvalue weighted by atomic mass is 79.9. The molecule has 0 aliphatic carbocycles. The number of hydrogen-bond donors (Lipinski definition) is 2. The van der Waals surface area contributed by atoms with Crippen LogP contribution in [0.2, 0.25) is 0 Å². The van der Waals surface area contributed by atoms with E-state index < -0.39 is 5.91 Å². The minimum absolute atomic E-state index is 0.163. The summed E-state index contributed by atoms with van der Waals surface area (Å²) in [6, 6.07) is 18.8. The first-order valence-corrected chi connectivity index (χ1v) is 10.4. The van der Waals surface area contributed by atoms with Crippen molar-refractivity contribution in [1.29, 1.82) is 0 Å². The summed E-state index contributed by atoms with van der Waals surface area (Å²) in [6.07, 6.45) is 1.50. The molecule has 0 radical (unpaired) electrons. The molecule has 0 unspecified atom stereocenters. The summed E-state index contributed by atoms with van der Waals surface area (Å²) in [5.41, 5.74) is 4.16. The maximum absolute atomic E-state index is 11.9. The van der Waals surface area contributed by atoms with Gasteiger partial charge in [-0.3, -0.25) is 9.59 Å². The lowest BCUT2D eigenvalue weighted by Gasteiger charge is -2.09. The number of benzene rings is 2. The fourth-order valence-electron chi connectivity index (χ4n) is 2.36. The van der Waals surface area contributed by atoms with Crippen LogP contribution in [0, 0.1) is 0 Å². The van der Waals surface area contributed by atoms with Gasteiger partial charge in [-0.25, -0.2) is 5.43 Å². The van der Waals surface area contributed by atoms with Gasteiger partial charge in [0.05, 0.1) is 17.6 Å². The predicted molar refractivity (Wildman–Crippen MR) is 117 cm³/mol. The normalized spacial score (nSPS) is 10.7. The van der Waals surface area contributed by atoms with Gasteiger partial charge in [-0.1, -0.05) is 52.3 Å². The van der Waals surface area contributed by atoms with Crippen LogP contribution in [0.5, 0.6) is 5.75 Å². The van der Waals surface area contributed by atoms with Gasteiger partial charge in [0.2, 0.25) is 0 Å². The van der Waals surface area contributed by atoms with Crippen LogP contribution >= 0.6 is 27.3 Å². The lowest BCUT2D eigenvalue weighted by molar-refractivity contribution is -0.120. The molecule has 2 amide bonds. The third-order valence-corrected chi connectivity index (χ3v) is 5.12. The molecule has 6 nitrogen and oxygen atoms in total. The van der Waals surface area contributed by atoms with Crippen LogP contribution in [-0.2, 0) is 11.4 Å². The summed E-state index contributed by atoms with van der Waals surface area (Å²) < 4.78 is 6.74. The van der Waals surface area contributed by atoms with E-state index in [1.807, 2.05) is 48.5 Å². The third-order valence-electron chi connectivity index (χ3n) is 3.76. The molecule has 1 heterocycles. The largest absolute Gasteiger partial charge is 0.488 e. The zero-order valence-corrected chi connectivity index (χ0v) is 17.7. The van der Waals surface area contributed by atoms with Crippen LogP contribution in [0.4, 0.5) is 0 Å². The van der Waals surface area contributed by atoms with Gasteiger partial charge in [-0.2, -0.15) is 5.10 Å². The zero-order chi connectivity index (χ0) is 20.5. The predicted octanol–water partition coefficient (Wildman–Crippen LogP) is 3.97. The van der Waals surface area contributed by atoms with Gasteiger partial charge in [-0.05, 0) is 35.2 Å². The Morgan fingerprint density at radius 2 is 1.93 bits per heavy atom. The number of halogens is 1. The van der Waals surface area contributed by atoms with Crippen LogP contribution in [0.25, 0.3) is 0 Å². The van der Waals surface area contributed by atoms with Gasteiger partial charge in [0.1, 0.15) is 12.4 Å². The van der Waals surface area contributed by atoms with Crippen LogP contribution in [0.1, 0.15) is 20.8 Å². The van der Waals surface area contributed by atoms with Crippen molar-refractivity contribution in [2.75, 3.05) is 6.54 Å². The lowest BCUT2D eigenvalue weighted by atomic mass is 10.2. The Labute approximate surface area is 180 Å². The molecule has 8 heteroatoms. The van der Waals surface area contributed by atoms with Gasteiger partial charge in [0, 0.05) is 10.0 Å². The molecule has 0 saturated heterocycles. The molecule has 0 spiro atoms. The van der Waals surface area contributed by atoms with Gasteiger partial charge >= 0.3 is 0 Å². The number of amides is 2. The van der Waals surface area contributed by atoms with Crippen molar-refractivity contribution in [3.05, 3.63) is 86.5 Å². The van der Waals surface area contributed by atoms with Crippen molar-refractivity contribution < 1.29 is 14.3 Å². The number of nitrogens with one attached hydrogen (secondary N) is 2. The van der Waals surface area contributed by atoms with Crippen molar-refractivity contribution in [2.45, 2.75) is 6.61 Å². The van der Waals surface area contributed by atoms with E-state index in [9.17, 15) is 9.59 Å². The van der Waals surface area contributed by atoms with Crippen LogP contribution < -0.4 is 15.5 Å². The summed E-state index contributed by atoms with van der Waals surface area (Å²) in [5, 5.41) is 8.31. The van der Waals surface area contributed by atoms with Crippen molar-refractivity contribution >= 4 is 45.3 Å². The Hall–Kier alpha value is -2.97. The monoisotopic (exact) mass is 471 g/mol. The molecule has 3 aromatic rings. The maximum Gasteiger partial charge on any atom is 0.261 e. The summed E-state index contributed by atoms with van der Waals surface area (Å²) in [6.45, 7) is 0.258. The molecule has 0 aliphatic heterocycles. The van der Waals surface area contributed by atoms with Gasteiger partial charge in [0.15, 0.2) is 0 Å². The molecule has 2 N–H and O–H groups in total. The molecule has 29 heavy (non-hydrogen) atoms. The molecular formula is C21H18BrN3O3S. The van der Waals surface area contributed by atoms with Crippen molar-refractivity contribution in [1.82, 2.24) is 10.7 Å². The summed E-state index contributed by atoms with van der Waals surface area (Å²) in [7, 11) is 0.